The van der Waals surface area contributed by atoms with Gasteiger partial charge in [0.1, 0.15) is 0 Å². The van der Waals surface area contributed by atoms with Gasteiger partial charge in [0.25, 0.3) is 5.91 Å². The molecule has 0 aromatic heterocycles. The summed E-state index contributed by atoms with van der Waals surface area (Å²) in [6.45, 7) is 4.81. The number of nitrogens with two attached hydrogens (primary N) is 3. The third-order valence-corrected chi connectivity index (χ3v) is 5.77. The highest BCUT2D eigenvalue weighted by Gasteiger charge is 2.16. The molecule has 1 saturated heterocycles. The van der Waals surface area contributed by atoms with E-state index in [4.69, 9.17) is 27.3 Å². The molecule has 1 aliphatic rings. The molecule has 170 valence electrons. The zero-order valence-electron chi connectivity index (χ0n) is 18.5. The molecule has 0 spiro atoms. The SMILES string of the molecule is Cc1cc(N)c(N)cc1C(=O)Nc1ccc(N)c(C(=N)c2cccc(N3CCOCC3)c2)c1. The first-order valence-electron chi connectivity index (χ1n) is 10.7. The van der Waals surface area contributed by atoms with Crippen molar-refractivity contribution >= 4 is 40.1 Å². The van der Waals surface area contributed by atoms with E-state index in [1.54, 1.807) is 37.3 Å². The average molecular weight is 445 g/mol. The molecule has 0 saturated carbocycles. The highest BCUT2D eigenvalue weighted by atomic mass is 16.5. The van der Waals surface area contributed by atoms with Crippen LogP contribution in [-0.2, 0) is 4.74 Å². The van der Waals surface area contributed by atoms with E-state index < -0.39 is 0 Å². The molecule has 8 nitrogen and oxygen atoms in total. The molecule has 1 heterocycles. The van der Waals surface area contributed by atoms with Crippen molar-refractivity contribution < 1.29 is 9.53 Å². The number of carbonyl (C=O) groups excluding carboxylic acids is 1. The van der Waals surface area contributed by atoms with Crippen LogP contribution in [0.25, 0.3) is 0 Å². The van der Waals surface area contributed by atoms with Gasteiger partial charge in [0.15, 0.2) is 0 Å². The number of carbonyl (C=O) groups is 1. The number of ether oxygens (including phenoxy) is 1. The monoisotopic (exact) mass is 444 g/mol. The summed E-state index contributed by atoms with van der Waals surface area (Å²) in [5.74, 6) is -0.309. The van der Waals surface area contributed by atoms with Crippen LogP contribution in [-0.4, -0.2) is 37.9 Å². The molecule has 1 amide bonds. The van der Waals surface area contributed by atoms with Crippen LogP contribution in [0.1, 0.15) is 27.0 Å². The minimum atomic E-state index is -0.309. The number of nitrogen functional groups attached to an aromatic ring is 3. The summed E-state index contributed by atoms with van der Waals surface area (Å²) >= 11 is 0. The number of rotatable bonds is 5. The zero-order valence-corrected chi connectivity index (χ0v) is 18.5. The Balaban J connectivity index is 1.58. The molecular weight excluding hydrogens is 416 g/mol. The Morgan fingerprint density at radius 3 is 2.42 bits per heavy atom. The molecule has 3 aromatic carbocycles. The predicted molar refractivity (Wildman–Crippen MR) is 134 cm³/mol. The maximum absolute atomic E-state index is 12.8. The normalized spacial score (nSPS) is 13.5. The highest BCUT2D eigenvalue weighted by molar-refractivity contribution is 6.15. The third-order valence-electron chi connectivity index (χ3n) is 5.77. The Hall–Kier alpha value is -4.04. The summed E-state index contributed by atoms with van der Waals surface area (Å²) in [7, 11) is 0. The molecule has 8 heteroatoms. The molecule has 0 radical (unpaired) electrons. The lowest BCUT2D eigenvalue weighted by atomic mass is 9.99. The van der Waals surface area contributed by atoms with Crippen LogP contribution >= 0.6 is 0 Å². The summed E-state index contributed by atoms with van der Waals surface area (Å²) in [5.41, 5.74) is 23.5. The quantitative estimate of drug-likeness (QED) is 0.302. The maximum atomic E-state index is 12.8. The van der Waals surface area contributed by atoms with E-state index in [1.165, 1.54) is 0 Å². The van der Waals surface area contributed by atoms with Crippen LogP contribution in [0, 0.1) is 12.3 Å². The van der Waals surface area contributed by atoms with Gasteiger partial charge in [-0.15, -0.1) is 0 Å². The fraction of sp³-hybridized carbons (Fsp3) is 0.200. The van der Waals surface area contributed by atoms with E-state index in [1.807, 2.05) is 24.3 Å². The van der Waals surface area contributed by atoms with Crippen LogP contribution in [0.2, 0.25) is 0 Å². The van der Waals surface area contributed by atoms with Crippen molar-refractivity contribution in [2.24, 2.45) is 0 Å². The second-order valence-corrected chi connectivity index (χ2v) is 8.08. The number of benzene rings is 3. The smallest absolute Gasteiger partial charge is 0.256 e. The van der Waals surface area contributed by atoms with E-state index in [0.29, 0.717) is 47.1 Å². The number of aryl methyl sites for hydroxylation is 1. The third kappa shape index (κ3) is 4.75. The van der Waals surface area contributed by atoms with Crippen molar-refractivity contribution in [3.63, 3.8) is 0 Å². The fourth-order valence-electron chi connectivity index (χ4n) is 3.88. The number of amides is 1. The number of hydrogen-bond donors (Lipinski definition) is 5. The molecule has 0 bridgehead atoms. The number of nitrogens with one attached hydrogen (secondary N) is 2. The van der Waals surface area contributed by atoms with Crippen LogP contribution in [0.5, 0.6) is 0 Å². The lowest BCUT2D eigenvalue weighted by Crippen LogP contribution is -2.36. The second kappa shape index (κ2) is 9.22. The molecule has 33 heavy (non-hydrogen) atoms. The number of morpholine rings is 1. The molecule has 0 unspecified atom stereocenters. The van der Waals surface area contributed by atoms with E-state index in [0.717, 1.165) is 29.9 Å². The van der Waals surface area contributed by atoms with Crippen molar-refractivity contribution in [3.8, 4) is 0 Å². The zero-order chi connectivity index (χ0) is 23.5. The van der Waals surface area contributed by atoms with Crippen molar-refractivity contribution in [2.45, 2.75) is 6.92 Å². The first-order chi connectivity index (χ1) is 15.8. The van der Waals surface area contributed by atoms with Crippen LogP contribution in [0.4, 0.5) is 28.4 Å². The number of anilines is 5. The van der Waals surface area contributed by atoms with Gasteiger partial charge in [0, 0.05) is 46.8 Å². The summed E-state index contributed by atoms with van der Waals surface area (Å²) in [6.07, 6.45) is 0. The van der Waals surface area contributed by atoms with Gasteiger partial charge in [0.05, 0.1) is 30.3 Å². The van der Waals surface area contributed by atoms with E-state index in [9.17, 15) is 4.79 Å². The molecule has 8 N–H and O–H groups in total. The molecular formula is C25H28N6O2. The van der Waals surface area contributed by atoms with Gasteiger partial charge in [-0.2, -0.15) is 0 Å². The average Bonchev–Trinajstić information content (AvgIpc) is 2.82. The fourth-order valence-corrected chi connectivity index (χ4v) is 3.88. The Labute approximate surface area is 192 Å². The first kappa shape index (κ1) is 22.2. The first-order valence-corrected chi connectivity index (χ1v) is 10.7. The molecule has 0 aliphatic carbocycles. The second-order valence-electron chi connectivity index (χ2n) is 8.08. The number of hydrogen-bond acceptors (Lipinski definition) is 7. The summed E-state index contributed by atoms with van der Waals surface area (Å²) < 4.78 is 5.43. The van der Waals surface area contributed by atoms with Gasteiger partial charge in [-0.1, -0.05) is 12.1 Å². The molecule has 1 fully saturated rings. The lowest BCUT2D eigenvalue weighted by molar-refractivity contribution is 0.102. The van der Waals surface area contributed by atoms with Crippen LogP contribution in [0.3, 0.4) is 0 Å². The molecule has 4 rings (SSSR count). The van der Waals surface area contributed by atoms with Crippen molar-refractivity contribution in [3.05, 3.63) is 76.9 Å². The minimum absolute atomic E-state index is 0.284. The molecule has 3 aromatic rings. The van der Waals surface area contributed by atoms with Gasteiger partial charge >= 0.3 is 0 Å². The van der Waals surface area contributed by atoms with Gasteiger partial charge in [-0.3, -0.25) is 10.2 Å². The summed E-state index contributed by atoms with van der Waals surface area (Å²) in [4.78, 5) is 15.1. The Morgan fingerprint density at radius 1 is 0.939 bits per heavy atom. The van der Waals surface area contributed by atoms with Crippen LogP contribution < -0.4 is 27.4 Å². The van der Waals surface area contributed by atoms with Gasteiger partial charge < -0.3 is 32.2 Å². The highest BCUT2D eigenvalue weighted by Crippen LogP contribution is 2.26. The van der Waals surface area contributed by atoms with Crippen molar-refractivity contribution in [1.82, 2.24) is 0 Å². The number of nitrogens with zero attached hydrogens (tertiary/aromatic N) is 1. The lowest BCUT2D eigenvalue weighted by Gasteiger charge is -2.29. The largest absolute Gasteiger partial charge is 0.398 e. The Kier molecular flexibility index (Phi) is 6.19. The summed E-state index contributed by atoms with van der Waals surface area (Å²) in [5, 5.41) is 11.7. The topological polar surface area (TPSA) is 143 Å². The van der Waals surface area contributed by atoms with E-state index >= 15 is 0 Å². The Bertz CT molecular complexity index is 1220. The van der Waals surface area contributed by atoms with E-state index in [2.05, 4.69) is 10.2 Å². The van der Waals surface area contributed by atoms with Gasteiger partial charge in [0.2, 0.25) is 0 Å². The van der Waals surface area contributed by atoms with Gasteiger partial charge in [-0.05, 0) is 55.0 Å². The van der Waals surface area contributed by atoms with Gasteiger partial charge in [-0.25, -0.2) is 0 Å². The van der Waals surface area contributed by atoms with E-state index in [-0.39, 0.29) is 11.6 Å². The summed E-state index contributed by atoms with van der Waals surface area (Å²) in [6, 6.07) is 16.2. The Morgan fingerprint density at radius 2 is 1.67 bits per heavy atom. The van der Waals surface area contributed by atoms with Crippen molar-refractivity contribution in [2.75, 3.05) is 53.7 Å². The molecule has 0 atom stereocenters. The van der Waals surface area contributed by atoms with Crippen molar-refractivity contribution in [1.29, 1.82) is 5.41 Å². The standard InChI is InChI=1S/C25H28N6O2/c1-15-11-22(27)23(28)14-19(15)25(32)30-17-5-6-21(26)20(13-17)24(29)16-3-2-4-18(12-16)31-7-9-33-10-8-31/h2-6,11-14,29H,7-10,26-28H2,1H3,(H,30,32). The predicted octanol–water partition coefficient (Wildman–Crippen LogP) is 3.25. The maximum Gasteiger partial charge on any atom is 0.256 e. The minimum Gasteiger partial charge on any atom is -0.398 e. The molecule has 1 aliphatic heterocycles. The van der Waals surface area contributed by atoms with Crippen LogP contribution in [0.15, 0.2) is 54.6 Å².